The number of hydrogen-bond acceptors (Lipinski definition) is 8. The van der Waals surface area contributed by atoms with Crippen LogP contribution in [0.15, 0.2) is 11.8 Å². The molecule has 37 heavy (non-hydrogen) atoms. The molecular formula is C21H46N6O8P2. The number of carbonyl (C=O) groups excluding carboxylic acids is 2. The lowest BCUT2D eigenvalue weighted by atomic mass is 10.2. The smallest absolute Gasteiger partial charge is 0.338 e. The van der Waals surface area contributed by atoms with Crippen molar-refractivity contribution in [3.8, 4) is 0 Å². The van der Waals surface area contributed by atoms with E-state index in [-0.39, 0.29) is 37.3 Å². The van der Waals surface area contributed by atoms with Crippen LogP contribution < -0.4 is 26.9 Å². The van der Waals surface area contributed by atoms with Crippen LogP contribution in [0.4, 0.5) is 0 Å². The summed E-state index contributed by atoms with van der Waals surface area (Å²) < 4.78 is 47.3. The second-order valence-corrected chi connectivity index (χ2v) is 12.1. The molecule has 0 aromatic carbocycles. The molecule has 0 saturated carbocycles. The second kappa shape index (κ2) is 17.4. The molecular weight excluding hydrogens is 526 g/mol. The first kappa shape index (κ1) is 35.8. The molecule has 0 fully saturated rings. The fourth-order valence-electron chi connectivity index (χ4n) is 2.78. The Bertz CT molecular complexity index is 846. The molecule has 0 rings (SSSR count). The molecule has 0 heterocycles. The number of nitrogens with zero attached hydrogens (tertiary/aromatic N) is 1. The maximum absolute atomic E-state index is 12.8. The maximum Gasteiger partial charge on any atom is 0.338 e. The number of amides is 2. The van der Waals surface area contributed by atoms with E-state index in [9.17, 15) is 18.7 Å². The maximum atomic E-state index is 12.8. The molecule has 0 spiro atoms. The van der Waals surface area contributed by atoms with Gasteiger partial charge in [0.2, 0.25) is 11.8 Å². The van der Waals surface area contributed by atoms with E-state index in [0.29, 0.717) is 19.3 Å². The Morgan fingerprint density at radius 3 is 1.97 bits per heavy atom. The van der Waals surface area contributed by atoms with Gasteiger partial charge in [-0.25, -0.2) is 21.2 Å². The van der Waals surface area contributed by atoms with E-state index in [0.717, 1.165) is 0 Å². The van der Waals surface area contributed by atoms with Crippen LogP contribution in [-0.4, -0.2) is 68.1 Å². The number of carbonyl (C=O) groups is 2. The molecule has 6 atom stereocenters. The minimum absolute atomic E-state index is 0.0215. The molecule has 8 N–H and O–H groups in total. The van der Waals surface area contributed by atoms with Crippen LogP contribution in [0.3, 0.4) is 0 Å². The summed E-state index contributed by atoms with van der Waals surface area (Å²) in [7, 11) is -5.88. The first-order valence-electron chi connectivity index (χ1n) is 12.2. The first-order valence-corrected chi connectivity index (χ1v) is 15.6. The van der Waals surface area contributed by atoms with Crippen LogP contribution in [-0.2, 0) is 37.2 Å². The number of ether oxygens (including phenoxy) is 2. The van der Waals surface area contributed by atoms with Crippen molar-refractivity contribution in [2.24, 2.45) is 16.7 Å². The van der Waals surface area contributed by atoms with Crippen molar-refractivity contribution in [2.75, 3.05) is 26.8 Å². The highest BCUT2D eigenvalue weighted by molar-refractivity contribution is 7.54. The molecule has 0 saturated heterocycles. The van der Waals surface area contributed by atoms with Crippen LogP contribution in [0.2, 0.25) is 0 Å². The summed E-state index contributed by atoms with van der Waals surface area (Å²) in [4.78, 5) is 24.9. The number of nitrogens with one attached hydrogen (secondary N) is 2. The van der Waals surface area contributed by atoms with Gasteiger partial charge < -0.3 is 24.3 Å². The average Bonchev–Trinajstić information content (AvgIpc) is 2.84. The van der Waals surface area contributed by atoms with Gasteiger partial charge in [-0.2, -0.15) is 0 Å². The monoisotopic (exact) mass is 572 g/mol. The fourth-order valence-corrected chi connectivity index (χ4v) is 4.24. The number of nitrogens with two attached hydrogens (primary N) is 3. The standard InChI is InChI=1S/C21H46N6O8P2/c1-8-16(5)34-19(14-32-36(23,30)25-7)11-26-37(24,31)33-13-18(9-2)35-20(10-3)27(17(6)28)12-15(4)21(22)29/h12,16,18-20H,8-11,13-14H2,1-7H3,(H2,22,29)(H3,23,25,30)(H3,24,26,31)/b15-12-. The summed E-state index contributed by atoms with van der Waals surface area (Å²) in [6, 6.07) is 0. The van der Waals surface area contributed by atoms with E-state index in [1.807, 2.05) is 27.7 Å². The minimum atomic E-state index is -3.80. The molecule has 6 unspecified atom stereocenters. The second-order valence-electron chi connectivity index (χ2n) is 8.48. The zero-order valence-corrected chi connectivity index (χ0v) is 24.8. The summed E-state index contributed by atoms with van der Waals surface area (Å²) >= 11 is 0. The lowest BCUT2D eigenvalue weighted by molar-refractivity contribution is -0.146. The third kappa shape index (κ3) is 15.1. The summed E-state index contributed by atoms with van der Waals surface area (Å²) in [6.07, 6.45) is 0.827. The third-order valence-electron chi connectivity index (χ3n) is 5.30. The van der Waals surface area contributed by atoms with Gasteiger partial charge in [0.25, 0.3) is 0 Å². The summed E-state index contributed by atoms with van der Waals surface area (Å²) in [6.45, 7) is 9.97. The van der Waals surface area contributed by atoms with E-state index in [1.165, 1.54) is 32.0 Å². The van der Waals surface area contributed by atoms with Gasteiger partial charge in [0.05, 0.1) is 31.5 Å². The Kier molecular flexibility index (Phi) is 16.9. The highest BCUT2D eigenvalue weighted by Gasteiger charge is 2.27. The SMILES string of the molecule is CCC(C)OC(CNP(N)(=O)OCC(CC)OC(CC)N(/C=C(/C)C(N)=O)C(C)=O)COP(N)(=O)NC. The molecule has 218 valence electrons. The average molecular weight is 573 g/mol. The molecule has 16 heteroatoms. The third-order valence-corrected chi connectivity index (χ3v) is 7.62. The zero-order chi connectivity index (χ0) is 28.8. The van der Waals surface area contributed by atoms with Crippen LogP contribution in [0.5, 0.6) is 0 Å². The van der Waals surface area contributed by atoms with Gasteiger partial charge >= 0.3 is 15.3 Å². The highest BCUT2D eigenvalue weighted by Crippen LogP contribution is 2.34. The van der Waals surface area contributed by atoms with Gasteiger partial charge in [0.15, 0.2) is 0 Å². The van der Waals surface area contributed by atoms with E-state index in [4.69, 9.17) is 35.3 Å². The summed E-state index contributed by atoms with van der Waals surface area (Å²) in [5, 5.41) is 5.04. The van der Waals surface area contributed by atoms with Crippen LogP contribution in [0.1, 0.15) is 60.8 Å². The van der Waals surface area contributed by atoms with Gasteiger partial charge in [-0.15, -0.1) is 0 Å². The van der Waals surface area contributed by atoms with Crippen LogP contribution >= 0.6 is 15.3 Å². The van der Waals surface area contributed by atoms with Crippen molar-refractivity contribution >= 4 is 27.2 Å². The highest BCUT2D eigenvalue weighted by atomic mass is 31.2. The predicted molar refractivity (Wildman–Crippen MR) is 142 cm³/mol. The number of primary amides is 1. The van der Waals surface area contributed by atoms with E-state index in [2.05, 4.69) is 10.2 Å². The molecule has 0 aromatic heterocycles. The van der Waals surface area contributed by atoms with E-state index >= 15 is 0 Å². The van der Waals surface area contributed by atoms with Crippen LogP contribution in [0, 0.1) is 0 Å². The molecule has 14 nitrogen and oxygen atoms in total. The number of rotatable bonds is 20. The van der Waals surface area contributed by atoms with E-state index < -0.39 is 39.7 Å². The van der Waals surface area contributed by atoms with Crippen molar-refractivity contribution in [3.63, 3.8) is 0 Å². The lowest BCUT2D eigenvalue weighted by Crippen LogP contribution is -2.41. The molecule has 0 radical (unpaired) electrons. The van der Waals surface area contributed by atoms with Crippen LogP contribution in [0.25, 0.3) is 0 Å². The first-order chi connectivity index (χ1) is 17.1. The largest absolute Gasteiger partial charge is 0.372 e. The van der Waals surface area contributed by atoms with E-state index in [1.54, 1.807) is 0 Å². The van der Waals surface area contributed by atoms with Gasteiger partial charge in [-0.05, 0) is 40.2 Å². The summed E-state index contributed by atoms with van der Waals surface area (Å²) in [5.41, 5.74) is 16.9. The molecule has 0 bridgehead atoms. The Morgan fingerprint density at radius 1 is 0.946 bits per heavy atom. The molecule has 2 amide bonds. The summed E-state index contributed by atoms with van der Waals surface area (Å²) in [5.74, 6) is -1.00. The van der Waals surface area contributed by atoms with Gasteiger partial charge in [-0.3, -0.25) is 23.6 Å². The van der Waals surface area contributed by atoms with Crippen molar-refractivity contribution in [3.05, 3.63) is 11.8 Å². The quantitative estimate of drug-likeness (QED) is 0.0804. The van der Waals surface area contributed by atoms with Crippen molar-refractivity contribution in [2.45, 2.75) is 85.3 Å². The molecule has 0 aliphatic heterocycles. The van der Waals surface area contributed by atoms with Crippen molar-refractivity contribution < 1.29 is 37.2 Å². The minimum Gasteiger partial charge on any atom is -0.372 e. The lowest BCUT2D eigenvalue weighted by Gasteiger charge is -2.31. The molecule has 0 aromatic rings. The fraction of sp³-hybridized carbons (Fsp3) is 0.810. The van der Waals surface area contributed by atoms with Gasteiger partial charge in [0, 0.05) is 25.2 Å². The topological polar surface area (TPSA) is 211 Å². The normalized spacial score (nSPS) is 18.8. The molecule has 0 aliphatic carbocycles. The molecule has 0 aliphatic rings. The Morgan fingerprint density at radius 2 is 1.51 bits per heavy atom. The Balaban J connectivity index is 5.22. The number of hydrogen-bond donors (Lipinski definition) is 5. The van der Waals surface area contributed by atoms with Crippen molar-refractivity contribution in [1.29, 1.82) is 0 Å². The zero-order valence-electron chi connectivity index (χ0n) is 23.0. The predicted octanol–water partition coefficient (Wildman–Crippen LogP) is 1.91. The van der Waals surface area contributed by atoms with Gasteiger partial charge in [-0.1, -0.05) is 20.8 Å². The van der Waals surface area contributed by atoms with Gasteiger partial charge in [0.1, 0.15) is 6.23 Å². The van der Waals surface area contributed by atoms with Crippen molar-refractivity contribution in [1.82, 2.24) is 15.1 Å². The Hall–Kier alpha value is -1.18. The Labute approximate surface area is 220 Å².